The summed E-state index contributed by atoms with van der Waals surface area (Å²) in [5, 5.41) is 3.31. The highest BCUT2D eigenvalue weighted by Gasteiger charge is 2.36. The SMILES string of the molecule is CC(C)(C)N1CC(Nc2ccc(Br)cn2)CC1=O. The lowest BCUT2D eigenvalue weighted by atomic mass is 10.1. The molecule has 1 N–H and O–H groups in total. The van der Waals surface area contributed by atoms with Gasteiger partial charge in [0.05, 0.1) is 6.04 Å². The van der Waals surface area contributed by atoms with Crippen LogP contribution in [0.25, 0.3) is 0 Å². The second-order valence-electron chi connectivity index (χ2n) is 5.58. The van der Waals surface area contributed by atoms with Crippen LogP contribution in [0.15, 0.2) is 22.8 Å². The summed E-state index contributed by atoms with van der Waals surface area (Å²) in [6, 6.07) is 3.99. The van der Waals surface area contributed by atoms with Crippen molar-refractivity contribution in [2.24, 2.45) is 0 Å². The summed E-state index contributed by atoms with van der Waals surface area (Å²) >= 11 is 3.35. The van der Waals surface area contributed by atoms with Crippen molar-refractivity contribution in [2.45, 2.75) is 38.8 Å². The summed E-state index contributed by atoms with van der Waals surface area (Å²) in [6.07, 6.45) is 2.29. The Bertz CT molecular complexity index is 439. The van der Waals surface area contributed by atoms with E-state index in [1.165, 1.54) is 0 Å². The van der Waals surface area contributed by atoms with Gasteiger partial charge in [-0.15, -0.1) is 0 Å². The van der Waals surface area contributed by atoms with E-state index in [1.54, 1.807) is 6.20 Å². The van der Waals surface area contributed by atoms with E-state index in [0.29, 0.717) is 6.42 Å². The van der Waals surface area contributed by atoms with E-state index in [9.17, 15) is 4.79 Å². The van der Waals surface area contributed by atoms with Gasteiger partial charge in [-0.2, -0.15) is 0 Å². The Kier molecular flexibility index (Phi) is 3.61. The summed E-state index contributed by atoms with van der Waals surface area (Å²) in [4.78, 5) is 18.1. The third-order valence-corrected chi connectivity index (χ3v) is 3.48. The first-order valence-electron chi connectivity index (χ1n) is 6.05. The molecule has 1 aromatic heterocycles. The van der Waals surface area contributed by atoms with E-state index in [2.05, 4.69) is 47.0 Å². The van der Waals surface area contributed by atoms with Gasteiger partial charge in [0.15, 0.2) is 0 Å². The van der Waals surface area contributed by atoms with Crippen LogP contribution in [-0.4, -0.2) is 33.9 Å². The van der Waals surface area contributed by atoms with Crippen LogP contribution in [0.4, 0.5) is 5.82 Å². The molecule has 0 aromatic carbocycles. The third kappa shape index (κ3) is 3.02. The number of rotatable bonds is 2. The molecular weight excluding hydrogens is 294 g/mol. The van der Waals surface area contributed by atoms with Crippen LogP contribution in [0.3, 0.4) is 0 Å². The van der Waals surface area contributed by atoms with Gasteiger partial charge in [-0.25, -0.2) is 4.98 Å². The van der Waals surface area contributed by atoms with Gasteiger partial charge in [-0.1, -0.05) is 0 Å². The maximum absolute atomic E-state index is 11.9. The summed E-state index contributed by atoms with van der Waals surface area (Å²) in [5.41, 5.74) is -0.110. The Balaban J connectivity index is 2.01. The minimum Gasteiger partial charge on any atom is -0.365 e. The minimum absolute atomic E-state index is 0.110. The first-order chi connectivity index (χ1) is 8.36. The van der Waals surface area contributed by atoms with Crippen molar-refractivity contribution in [3.05, 3.63) is 22.8 Å². The molecule has 1 amide bonds. The fraction of sp³-hybridized carbons (Fsp3) is 0.538. The van der Waals surface area contributed by atoms with Gasteiger partial charge in [-0.3, -0.25) is 4.79 Å². The van der Waals surface area contributed by atoms with E-state index in [0.717, 1.165) is 16.8 Å². The highest BCUT2D eigenvalue weighted by molar-refractivity contribution is 9.10. The number of hydrogen-bond acceptors (Lipinski definition) is 3. The Morgan fingerprint density at radius 1 is 1.44 bits per heavy atom. The smallest absolute Gasteiger partial charge is 0.225 e. The zero-order valence-corrected chi connectivity index (χ0v) is 12.5. The fourth-order valence-electron chi connectivity index (χ4n) is 2.12. The highest BCUT2D eigenvalue weighted by Crippen LogP contribution is 2.23. The van der Waals surface area contributed by atoms with Crippen LogP contribution in [0, 0.1) is 0 Å². The second kappa shape index (κ2) is 4.88. The molecule has 0 saturated carbocycles. The molecule has 0 aliphatic carbocycles. The summed E-state index contributed by atoms with van der Waals surface area (Å²) in [7, 11) is 0. The quantitative estimate of drug-likeness (QED) is 0.913. The number of anilines is 1. The van der Waals surface area contributed by atoms with Gasteiger partial charge < -0.3 is 10.2 Å². The lowest BCUT2D eigenvalue weighted by Gasteiger charge is -2.32. The van der Waals surface area contributed by atoms with Gasteiger partial charge in [0.25, 0.3) is 0 Å². The normalized spacial score (nSPS) is 20.3. The summed E-state index contributed by atoms with van der Waals surface area (Å²) in [5.74, 6) is 1.02. The van der Waals surface area contributed by atoms with Crippen molar-refractivity contribution in [3.8, 4) is 0 Å². The maximum Gasteiger partial charge on any atom is 0.225 e. The van der Waals surface area contributed by atoms with E-state index in [1.807, 2.05) is 17.0 Å². The fourth-order valence-corrected chi connectivity index (χ4v) is 2.36. The molecule has 2 rings (SSSR count). The zero-order valence-electron chi connectivity index (χ0n) is 10.9. The van der Waals surface area contributed by atoms with Crippen molar-refractivity contribution in [1.29, 1.82) is 0 Å². The van der Waals surface area contributed by atoms with Gasteiger partial charge in [0.1, 0.15) is 5.82 Å². The lowest BCUT2D eigenvalue weighted by Crippen LogP contribution is -2.43. The van der Waals surface area contributed by atoms with Crippen LogP contribution < -0.4 is 5.32 Å². The van der Waals surface area contributed by atoms with Crippen molar-refractivity contribution in [1.82, 2.24) is 9.88 Å². The van der Waals surface area contributed by atoms with Gasteiger partial charge in [0.2, 0.25) is 5.91 Å². The van der Waals surface area contributed by atoms with Crippen molar-refractivity contribution < 1.29 is 4.79 Å². The number of pyridine rings is 1. The first-order valence-corrected chi connectivity index (χ1v) is 6.84. The van der Waals surface area contributed by atoms with E-state index in [-0.39, 0.29) is 17.5 Å². The van der Waals surface area contributed by atoms with Crippen LogP contribution in [0.1, 0.15) is 27.2 Å². The standard InChI is InChI=1S/C13H18BrN3O/c1-13(2,3)17-8-10(6-12(17)18)16-11-5-4-9(14)7-15-11/h4-5,7,10H,6,8H2,1-3H3,(H,15,16). The average molecular weight is 312 g/mol. The molecule has 5 heteroatoms. The largest absolute Gasteiger partial charge is 0.365 e. The van der Waals surface area contributed by atoms with Crippen LogP contribution in [-0.2, 0) is 4.79 Å². The molecule has 0 bridgehead atoms. The zero-order chi connectivity index (χ0) is 13.3. The third-order valence-electron chi connectivity index (χ3n) is 3.01. The number of likely N-dealkylation sites (tertiary alicyclic amines) is 1. The number of aromatic nitrogens is 1. The maximum atomic E-state index is 11.9. The molecule has 1 aliphatic rings. The molecule has 2 heterocycles. The number of hydrogen-bond donors (Lipinski definition) is 1. The molecule has 0 spiro atoms. The van der Waals surface area contributed by atoms with Crippen LogP contribution in [0.5, 0.6) is 0 Å². The Hall–Kier alpha value is -1.10. The van der Waals surface area contributed by atoms with Gasteiger partial charge >= 0.3 is 0 Å². The highest BCUT2D eigenvalue weighted by atomic mass is 79.9. The molecule has 0 radical (unpaired) electrons. The molecule has 1 aliphatic heterocycles. The van der Waals surface area contributed by atoms with E-state index >= 15 is 0 Å². The van der Waals surface area contributed by atoms with Gasteiger partial charge in [-0.05, 0) is 48.8 Å². The van der Waals surface area contributed by atoms with Crippen molar-refractivity contribution >= 4 is 27.7 Å². The number of amides is 1. The number of nitrogens with one attached hydrogen (secondary N) is 1. The van der Waals surface area contributed by atoms with Gasteiger partial charge in [0, 0.05) is 29.2 Å². The predicted molar refractivity (Wildman–Crippen MR) is 75.4 cm³/mol. The predicted octanol–water partition coefficient (Wildman–Crippen LogP) is 2.66. The molecule has 1 saturated heterocycles. The number of nitrogens with zero attached hydrogens (tertiary/aromatic N) is 2. The van der Waals surface area contributed by atoms with Crippen LogP contribution >= 0.6 is 15.9 Å². The number of carbonyl (C=O) groups excluding carboxylic acids is 1. The molecular formula is C13H18BrN3O. The molecule has 1 aromatic rings. The summed E-state index contributed by atoms with van der Waals surface area (Å²) < 4.78 is 0.951. The molecule has 4 nitrogen and oxygen atoms in total. The number of halogens is 1. The van der Waals surface area contributed by atoms with Crippen molar-refractivity contribution in [3.63, 3.8) is 0 Å². The molecule has 1 atom stereocenters. The molecule has 18 heavy (non-hydrogen) atoms. The number of carbonyl (C=O) groups is 1. The van der Waals surface area contributed by atoms with E-state index < -0.39 is 0 Å². The molecule has 98 valence electrons. The summed E-state index contributed by atoms with van der Waals surface area (Å²) in [6.45, 7) is 6.92. The average Bonchev–Trinajstić information content (AvgIpc) is 2.63. The second-order valence-corrected chi connectivity index (χ2v) is 6.50. The Morgan fingerprint density at radius 3 is 2.67 bits per heavy atom. The topological polar surface area (TPSA) is 45.2 Å². The minimum atomic E-state index is -0.110. The molecule has 1 fully saturated rings. The monoisotopic (exact) mass is 311 g/mol. The van der Waals surface area contributed by atoms with E-state index in [4.69, 9.17) is 0 Å². The van der Waals surface area contributed by atoms with Crippen LogP contribution in [0.2, 0.25) is 0 Å². The van der Waals surface area contributed by atoms with Crippen molar-refractivity contribution in [2.75, 3.05) is 11.9 Å². The Labute approximate surface area is 116 Å². The first kappa shape index (κ1) is 13.3. The Morgan fingerprint density at radius 2 is 2.17 bits per heavy atom. The molecule has 1 unspecified atom stereocenters. The lowest BCUT2D eigenvalue weighted by molar-refractivity contribution is -0.131.